The van der Waals surface area contributed by atoms with Crippen molar-refractivity contribution in [3.8, 4) is 12.3 Å². The second-order valence-electron chi connectivity index (χ2n) is 5.77. The number of rotatable bonds is 5. The summed E-state index contributed by atoms with van der Waals surface area (Å²) in [5.41, 5.74) is 3.81. The van der Waals surface area contributed by atoms with Gasteiger partial charge in [-0.2, -0.15) is 0 Å². The van der Waals surface area contributed by atoms with Gasteiger partial charge in [0.05, 0.1) is 10.1 Å². The van der Waals surface area contributed by atoms with Crippen LogP contribution < -0.4 is 5.43 Å². The number of hydrazone groups is 1. The van der Waals surface area contributed by atoms with E-state index >= 15 is 0 Å². The first-order valence-electron chi connectivity index (χ1n) is 7.88. The molecule has 0 aromatic heterocycles. The van der Waals surface area contributed by atoms with Crippen LogP contribution in [0.5, 0.6) is 0 Å². The van der Waals surface area contributed by atoms with Crippen molar-refractivity contribution in [2.45, 2.75) is 30.9 Å². The Bertz CT molecular complexity index is 1010. The first kappa shape index (κ1) is 20.1. The minimum atomic E-state index is -3.35. The molecule has 1 heterocycles. The van der Waals surface area contributed by atoms with Crippen molar-refractivity contribution in [1.29, 1.82) is 5.41 Å². The minimum Gasteiger partial charge on any atom is -0.410 e. The van der Waals surface area contributed by atoms with E-state index in [2.05, 4.69) is 33.1 Å². The van der Waals surface area contributed by atoms with E-state index in [0.717, 1.165) is 0 Å². The molecule has 2 N–H and O–H groups in total. The molecule has 0 radical (unpaired) electrons. The fourth-order valence-corrected chi connectivity index (χ4v) is 3.14. The van der Waals surface area contributed by atoms with Gasteiger partial charge in [0.25, 0.3) is 5.90 Å². The Kier molecular flexibility index (Phi) is 5.92. The van der Waals surface area contributed by atoms with Gasteiger partial charge in [0, 0.05) is 5.71 Å². The highest BCUT2D eigenvalue weighted by Gasteiger charge is 2.21. The minimum absolute atomic E-state index is 0.00969. The Hall–Kier alpha value is -3.25. The Morgan fingerprint density at radius 1 is 1.37 bits per heavy atom. The number of aliphatic imine (C=N–C) groups is 2. The van der Waals surface area contributed by atoms with Crippen molar-refractivity contribution in [3.05, 3.63) is 41.4 Å². The first-order valence-corrected chi connectivity index (χ1v) is 9.43. The largest absolute Gasteiger partial charge is 0.410 e. The third-order valence-electron chi connectivity index (χ3n) is 3.68. The number of hydrogen-bond donors (Lipinski definition) is 2. The third-order valence-corrected chi connectivity index (χ3v) is 5.85. The molecule has 8 nitrogen and oxygen atoms in total. The monoisotopic (exact) mass is 385 g/mol. The number of sulfone groups is 1. The SMILES string of the molecule is C#CC1=NNC(=C(N=C(C)c2ccc(S(=O)(=O)C(C)C)cc2)C(=N)N=C)O1. The Morgan fingerprint density at radius 3 is 2.48 bits per heavy atom. The number of ether oxygens (including phenoxy) is 1. The summed E-state index contributed by atoms with van der Waals surface area (Å²) in [5.74, 6) is 2.07. The van der Waals surface area contributed by atoms with Crippen molar-refractivity contribution in [1.82, 2.24) is 5.43 Å². The Morgan fingerprint density at radius 2 is 2.00 bits per heavy atom. The van der Waals surface area contributed by atoms with Crippen LogP contribution in [0.4, 0.5) is 0 Å². The van der Waals surface area contributed by atoms with Crippen LogP contribution in [0.25, 0.3) is 0 Å². The molecule has 1 aromatic carbocycles. The number of amidine groups is 1. The molecule has 0 aliphatic carbocycles. The van der Waals surface area contributed by atoms with Crippen molar-refractivity contribution < 1.29 is 13.2 Å². The molecule has 27 heavy (non-hydrogen) atoms. The standard InChI is InChI=1S/C18H19N5O3S/c1-6-15-22-23-18(26-15)16(17(19)20-5)21-12(4)13-7-9-14(10-8-13)27(24,25)11(2)3/h1,7-11,19,23H,5H2,2-4H3. The molecule has 0 saturated carbocycles. The number of terminal acetylenes is 1. The maximum Gasteiger partial charge on any atom is 0.291 e. The van der Waals surface area contributed by atoms with Gasteiger partial charge in [-0.3, -0.25) is 5.41 Å². The normalized spacial score (nSPS) is 16.1. The zero-order valence-electron chi connectivity index (χ0n) is 15.1. The van der Waals surface area contributed by atoms with Gasteiger partial charge in [-0.15, -0.1) is 11.5 Å². The van der Waals surface area contributed by atoms with E-state index < -0.39 is 15.1 Å². The van der Waals surface area contributed by atoms with E-state index in [9.17, 15) is 8.42 Å². The summed E-state index contributed by atoms with van der Waals surface area (Å²) in [6, 6.07) is 6.34. The fraction of sp³-hybridized carbons (Fsp3) is 0.222. The van der Waals surface area contributed by atoms with Gasteiger partial charge in [-0.25, -0.2) is 23.8 Å². The summed E-state index contributed by atoms with van der Waals surface area (Å²) in [5, 5.41) is 11.2. The van der Waals surface area contributed by atoms with Gasteiger partial charge in [0.15, 0.2) is 21.4 Å². The zero-order chi connectivity index (χ0) is 20.2. The average molecular weight is 385 g/mol. The summed E-state index contributed by atoms with van der Waals surface area (Å²) in [4.78, 5) is 8.15. The second kappa shape index (κ2) is 7.97. The molecule has 1 aliphatic rings. The van der Waals surface area contributed by atoms with Crippen LogP contribution in [0.3, 0.4) is 0 Å². The van der Waals surface area contributed by atoms with Crippen LogP contribution >= 0.6 is 0 Å². The first-order chi connectivity index (χ1) is 12.7. The summed E-state index contributed by atoms with van der Waals surface area (Å²) >= 11 is 0. The Labute approximate surface area is 158 Å². The number of nitrogens with zero attached hydrogens (tertiary/aromatic N) is 3. The second-order valence-corrected chi connectivity index (χ2v) is 8.28. The number of nitrogens with one attached hydrogen (secondary N) is 2. The van der Waals surface area contributed by atoms with Crippen molar-refractivity contribution >= 4 is 34.0 Å². The van der Waals surface area contributed by atoms with Crippen molar-refractivity contribution in [2.24, 2.45) is 15.1 Å². The summed E-state index contributed by atoms with van der Waals surface area (Å²) in [6.07, 6.45) is 5.22. The van der Waals surface area contributed by atoms with Crippen LogP contribution in [-0.4, -0.2) is 37.8 Å². The number of hydrogen-bond acceptors (Lipinski definition) is 7. The van der Waals surface area contributed by atoms with Crippen LogP contribution in [0, 0.1) is 17.8 Å². The topological polar surface area (TPSA) is 116 Å². The average Bonchev–Trinajstić information content (AvgIpc) is 3.14. The van der Waals surface area contributed by atoms with E-state index in [1.807, 2.05) is 0 Å². The van der Waals surface area contributed by atoms with E-state index in [-0.39, 0.29) is 28.2 Å². The van der Waals surface area contributed by atoms with Gasteiger partial charge in [-0.05, 0) is 51.1 Å². The summed E-state index contributed by atoms with van der Waals surface area (Å²) < 4.78 is 29.7. The van der Waals surface area contributed by atoms with Gasteiger partial charge in [0.2, 0.25) is 5.88 Å². The van der Waals surface area contributed by atoms with E-state index in [1.54, 1.807) is 32.9 Å². The fourth-order valence-electron chi connectivity index (χ4n) is 2.08. The van der Waals surface area contributed by atoms with Crippen molar-refractivity contribution in [2.75, 3.05) is 0 Å². The van der Waals surface area contributed by atoms with Crippen LogP contribution in [-0.2, 0) is 14.6 Å². The molecule has 1 aliphatic heterocycles. The molecular formula is C18H19N5O3S. The molecule has 9 heteroatoms. The number of benzene rings is 1. The molecule has 0 saturated heterocycles. The van der Waals surface area contributed by atoms with Gasteiger partial charge in [-0.1, -0.05) is 12.1 Å². The van der Waals surface area contributed by atoms with E-state index in [0.29, 0.717) is 11.3 Å². The molecule has 2 rings (SSSR count). The highest BCUT2D eigenvalue weighted by atomic mass is 32.2. The van der Waals surface area contributed by atoms with Crippen molar-refractivity contribution in [3.63, 3.8) is 0 Å². The van der Waals surface area contributed by atoms with Gasteiger partial charge in [0.1, 0.15) is 0 Å². The lowest BCUT2D eigenvalue weighted by Crippen LogP contribution is -2.14. The summed E-state index contributed by atoms with van der Waals surface area (Å²) in [7, 11) is -3.35. The predicted octanol–water partition coefficient (Wildman–Crippen LogP) is 2.09. The van der Waals surface area contributed by atoms with E-state index in [4.69, 9.17) is 16.6 Å². The Balaban J connectivity index is 2.39. The van der Waals surface area contributed by atoms with Gasteiger partial charge >= 0.3 is 0 Å². The molecule has 0 fully saturated rings. The third kappa shape index (κ3) is 4.30. The van der Waals surface area contributed by atoms with Gasteiger partial charge < -0.3 is 4.74 Å². The quantitative estimate of drug-likeness (QED) is 0.458. The zero-order valence-corrected chi connectivity index (χ0v) is 16.0. The molecule has 0 spiro atoms. The highest BCUT2D eigenvalue weighted by molar-refractivity contribution is 7.92. The summed E-state index contributed by atoms with van der Waals surface area (Å²) in [6.45, 7) is 8.29. The maximum atomic E-state index is 12.2. The van der Waals surface area contributed by atoms with Crippen LogP contribution in [0.2, 0.25) is 0 Å². The molecule has 0 amide bonds. The molecule has 0 bridgehead atoms. The molecule has 0 unspecified atom stereocenters. The lowest BCUT2D eigenvalue weighted by molar-refractivity contribution is 0.415. The molecule has 1 aromatic rings. The van der Waals surface area contributed by atoms with Crippen LogP contribution in [0.15, 0.2) is 55.8 Å². The molecule has 0 atom stereocenters. The highest BCUT2D eigenvalue weighted by Crippen LogP contribution is 2.18. The van der Waals surface area contributed by atoms with Crippen LogP contribution in [0.1, 0.15) is 26.3 Å². The van der Waals surface area contributed by atoms with E-state index in [1.165, 1.54) is 12.1 Å². The molecular weight excluding hydrogens is 366 g/mol. The maximum absolute atomic E-state index is 12.2. The lowest BCUT2D eigenvalue weighted by atomic mass is 10.1. The predicted molar refractivity (Wildman–Crippen MR) is 106 cm³/mol. The lowest BCUT2D eigenvalue weighted by Gasteiger charge is -2.09. The molecule has 140 valence electrons. The smallest absolute Gasteiger partial charge is 0.291 e.